The smallest absolute Gasteiger partial charge is 0.217 e. The van der Waals surface area contributed by atoms with E-state index in [1.165, 1.54) is 32.1 Å². The molecule has 2 nitrogen and oxygen atoms in total. The van der Waals surface area contributed by atoms with Gasteiger partial charge in [0.05, 0.1) is 0 Å². The lowest BCUT2D eigenvalue weighted by Gasteiger charge is -2.26. The van der Waals surface area contributed by atoms with Crippen LogP contribution >= 0.6 is 0 Å². The summed E-state index contributed by atoms with van der Waals surface area (Å²) < 4.78 is 0. The summed E-state index contributed by atoms with van der Waals surface area (Å²) in [5, 5.41) is 0. The minimum absolute atomic E-state index is 0.145. The zero-order valence-corrected chi connectivity index (χ0v) is 7.88. The molecule has 1 rings (SSSR count). The Labute approximate surface area is 74.5 Å². The van der Waals surface area contributed by atoms with Crippen LogP contribution in [-0.2, 0) is 4.79 Å². The van der Waals surface area contributed by atoms with Gasteiger partial charge in [0.2, 0.25) is 5.91 Å². The highest BCUT2D eigenvalue weighted by atomic mass is 16.1. The van der Waals surface area contributed by atoms with Gasteiger partial charge < -0.3 is 5.73 Å². The molecule has 1 aliphatic carbocycles. The van der Waals surface area contributed by atoms with Crippen molar-refractivity contribution >= 4 is 5.91 Å². The molecule has 1 amide bonds. The lowest BCUT2D eigenvalue weighted by Crippen LogP contribution is -2.22. The third-order valence-electron chi connectivity index (χ3n) is 2.98. The Morgan fingerprint density at radius 1 is 1.42 bits per heavy atom. The Balaban J connectivity index is 2.29. The van der Waals surface area contributed by atoms with Gasteiger partial charge >= 0.3 is 0 Å². The summed E-state index contributed by atoms with van der Waals surface area (Å²) in [6, 6.07) is 0. The predicted octanol–water partition coefficient (Wildman–Crippen LogP) is 2.08. The van der Waals surface area contributed by atoms with E-state index in [2.05, 4.69) is 6.92 Å². The molecule has 2 heteroatoms. The Hall–Kier alpha value is -0.530. The second-order valence-electron chi connectivity index (χ2n) is 4.05. The van der Waals surface area contributed by atoms with Gasteiger partial charge in [0, 0.05) is 6.42 Å². The fourth-order valence-corrected chi connectivity index (χ4v) is 2.19. The summed E-state index contributed by atoms with van der Waals surface area (Å²) in [5.41, 5.74) is 5.16. The largest absolute Gasteiger partial charge is 0.370 e. The lowest BCUT2D eigenvalue weighted by atomic mass is 9.79. The summed E-state index contributed by atoms with van der Waals surface area (Å²) in [7, 11) is 0. The van der Waals surface area contributed by atoms with Crippen LogP contribution in [0.4, 0.5) is 0 Å². The summed E-state index contributed by atoms with van der Waals surface area (Å²) in [4.78, 5) is 10.7. The van der Waals surface area contributed by atoms with Gasteiger partial charge in [-0.15, -0.1) is 0 Å². The first kappa shape index (κ1) is 9.56. The van der Waals surface area contributed by atoms with Crippen LogP contribution < -0.4 is 5.73 Å². The van der Waals surface area contributed by atoms with Crippen LogP contribution in [0.3, 0.4) is 0 Å². The van der Waals surface area contributed by atoms with Gasteiger partial charge in [-0.3, -0.25) is 4.79 Å². The number of carbonyl (C=O) groups excluding carboxylic acids is 1. The number of carbonyl (C=O) groups is 1. The third kappa shape index (κ3) is 2.84. The monoisotopic (exact) mass is 169 g/mol. The minimum Gasteiger partial charge on any atom is -0.370 e. The van der Waals surface area contributed by atoms with Crippen LogP contribution in [0.2, 0.25) is 0 Å². The van der Waals surface area contributed by atoms with Gasteiger partial charge in [0.15, 0.2) is 0 Å². The first-order valence-corrected chi connectivity index (χ1v) is 4.98. The molecule has 0 aliphatic heterocycles. The molecule has 0 bridgehead atoms. The zero-order chi connectivity index (χ0) is 8.97. The summed E-state index contributed by atoms with van der Waals surface area (Å²) >= 11 is 0. The van der Waals surface area contributed by atoms with E-state index >= 15 is 0 Å². The lowest BCUT2D eigenvalue weighted by molar-refractivity contribution is -0.119. The summed E-state index contributed by atoms with van der Waals surface area (Å²) in [6.07, 6.45) is 7.23. The molecule has 1 saturated carbocycles. The molecule has 0 aromatic carbocycles. The van der Waals surface area contributed by atoms with Crippen molar-refractivity contribution in [3.8, 4) is 0 Å². The Kier molecular flexibility index (Phi) is 3.57. The summed E-state index contributed by atoms with van der Waals surface area (Å²) in [5.74, 6) is 1.11. The highest BCUT2D eigenvalue weighted by Crippen LogP contribution is 2.31. The molecule has 1 fully saturated rings. The molecule has 0 aromatic rings. The summed E-state index contributed by atoms with van der Waals surface area (Å²) in [6.45, 7) is 2.15. The highest BCUT2D eigenvalue weighted by Gasteiger charge is 2.20. The van der Waals surface area contributed by atoms with E-state index in [0.29, 0.717) is 12.3 Å². The number of hydrogen-bond donors (Lipinski definition) is 1. The van der Waals surface area contributed by atoms with Gasteiger partial charge in [0.1, 0.15) is 0 Å². The standard InChI is InChI=1S/C10H19NO/c1-8(7-10(11)12)9-5-3-2-4-6-9/h8-9H,2-7H2,1H3,(H2,11,12). The molecule has 0 heterocycles. The average molecular weight is 169 g/mol. The van der Waals surface area contributed by atoms with Crippen LogP contribution in [0.5, 0.6) is 0 Å². The maximum Gasteiger partial charge on any atom is 0.217 e. The highest BCUT2D eigenvalue weighted by molar-refractivity contribution is 5.73. The molecule has 70 valence electrons. The third-order valence-corrected chi connectivity index (χ3v) is 2.98. The van der Waals surface area contributed by atoms with Crippen molar-refractivity contribution in [3.63, 3.8) is 0 Å². The second kappa shape index (κ2) is 4.48. The second-order valence-corrected chi connectivity index (χ2v) is 4.05. The van der Waals surface area contributed by atoms with Crippen molar-refractivity contribution in [2.75, 3.05) is 0 Å². The van der Waals surface area contributed by atoms with E-state index in [-0.39, 0.29) is 5.91 Å². The van der Waals surface area contributed by atoms with Gasteiger partial charge in [-0.2, -0.15) is 0 Å². The Bertz CT molecular complexity index is 150. The number of amides is 1. The van der Waals surface area contributed by atoms with Crippen molar-refractivity contribution in [1.29, 1.82) is 0 Å². The fraction of sp³-hybridized carbons (Fsp3) is 0.900. The van der Waals surface area contributed by atoms with Crippen molar-refractivity contribution < 1.29 is 4.79 Å². The molecule has 12 heavy (non-hydrogen) atoms. The maximum absolute atomic E-state index is 10.7. The minimum atomic E-state index is -0.145. The Morgan fingerprint density at radius 2 is 2.00 bits per heavy atom. The van der Waals surface area contributed by atoms with Gasteiger partial charge in [0.25, 0.3) is 0 Å². The van der Waals surface area contributed by atoms with Crippen LogP contribution in [0.1, 0.15) is 45.4 Å². The van der Waals surface area contributed by atoms with Crippen molar-refractivity contribution in [1.82, 2.24) is 0 Å². The number of hydrogen-bond acceptors (Lipinski definition) is 1. The number of nitrogens with two attached hydrogens (primary N) is 1. The number of primary amides is 1. The molecule has 0 saturated heterocycles. The predicted molar refractivity (Wildman–Crippen MR) is 49.6 cm³/mol. The molecular weight excluding hydrogens is 150 g/mol. The van der Waals surface area contributed by atoms with E-state index in [1.807, 2.05) is 0 Å². The molecule has 0 spiro atoms. The van der Waals surface area contributed by atoms with Gasteiger partial charge in [-0.1, -0.05) is 39.0 Å². The van der Waals surface area contributed by atoms with Crippen LogP contribution in [-0.4, -0.2) is 5.91 Å². The molecule has 2 N–H and O–H groups in total. The van der Waals surface area contributed by atoms with E-state index in [9.17, 15) is 4.79 Å². The van der Waals surface area contributed by atoms with Gasteiger partial charge in [-0.25, -0.2) is 0 Å². The molecular formula is C10H19NO. The van der Waals surface area contributed by atoms with Crippen molar-refractivity contribution in [2.45, 2.75) is 45.4 Å². The van der Waals surface area contributed by atoms with Crippen molar-refractivity contribution in [3.05, 3.63) is 0 Å². The van der Waals surface area contributed by atoms with E-state index < -0.39 is 0 Å². The van der Waals surface area contributed by atoms with Crippen LogP contribution in [0.15, 0.2) is 0 Å². The number of rotatable bonds is 3. The first-order valence-electron chi connectivity index (χ1n) is 4.98. The maximum atomic E-state index is 10.7. The topological polar surface area (TPSA) is 43.1 Å². The zero-order valence-electron chi connectivity index (χ0n) is 7.88. The fourth-order valence-electron chi connectivity index (χ4n) is 2.19. The van der Waals surface area contributed by atoms with E-state index in [0.717, 1.165) is 5.92 Å². The van der Waals surface area contributed by atoms with E-state index in [1.54, 1.807) is 0 Å². The molecule has 0 radical (unpaired) electrons. The molecule has 0 aromatic heterocycles. The molecule has 1 aliphatic rings. The first-order chi connectivity index (χ1) is 5.70. The normalized spacial score (nSPS) is 22.1. The average Bonchev–Trinajstić information content (AvgIpc) is 2.05. The SMILES string of the molecule is CC(CC(N)=O)C1CCCCC1. The quantitative estimate of drug-likeness (QED) is 0.690. The van der Waals surface area contributed by atoms with Gasteiger partial charge in [-0.05, 0) is 11.8 Å². The van der Waals surface area contributed by atoms with Crippen LogP contribution in [0, 0.1) is 11.8 Å². The van der Waals surface area contributed by atoms with E-state index in [4.69, 9.17) is 5.73 Å². The van der Waals surface area contributed by atoms with Crippen molar-refractivity contribution in [2.24, 2.45) is 17.6 Å². The Morgan fingerprint density at radius 3 is 2.50 bits per heavy atom. The molecule has 1 unspecified atom stereocenters. The van der Waals surface area contributed by atoms with Crippen LogP contribution in [0.25, 0.3) is 0 Å². The molecule has 1 atom stereocenters.